The number of piperazine rings is 1. The molecular weight excluding hydrogens is 358 g/mol. The predicted molar refractivity (Wildman–Crippen MR) is 109 cm³/mol. The van der Waals surface area contributed by atoms with Gasteiger partial charge in [0.25, 0.3) is 0 Å². The van der Waals surface area contributed by atoms with Gasteiger partial charge in [-0.15, -0.1) is 0 Å². The first-order chi connectivity index (χ1) is 13.6. The van der Waals surface area contributed by atoms with Crippen LogP contribution >= 0.6 is 0 Å². The minimum Gasteiger partial charge on any atom is -0.508 e. The molecule has 1 heterocycles. The summed E-state index contributed by atoms with van der Waals surface area (Å²) in [7, 11) is 3.27. The Morgan fingerprint density at radius 1 is 1.11 bits per heavy atom. The van der Waals surface area contributed by atoms with Gasteiger partial charge in [-0.2, -0.15) is 0 Å². The van der Waals surface area contributed by atoms with Crippen LogP contribution in [0, 0.1) is 0 Å². The number of aromatic hydroxyl groups is 1. The molecule has 2 N–H and O–H groups in total. The number of hydrogen-bond donors (Lipinski definition) is 2. The smallest absolute Gasteiger partial charge is 0.234 e. The van der Waals surface area contributed by atoms with Crippen molar-refractivity contribution in [3.05, 3.63) is 35.9 Å². The van der Waals surface area contributed by atoms with E-state index in [-0.39, 0.29) is 5.91 Å². The second-order valence-electron chi connectivity index (χ2n) is 7.05. The van der Waals surface area contributed by atoms with Crippen LogP contribution in [0.15, 0.2) is 30.3 Å². The van der Waals surface area contributed by atoms with Gasteiger partial charge in [-0.3, -0.25) is 14.6 Å². The van der Waals surface area contributed by atoms with E-state index in [9.17, 15) is 9.90 Å². The number of nitrogens with one attached hydrogen (secondary N) is 1. The third-order valence-corrected chi connectivity index (χ3v) is 5.16. The van der Waals surface area contributed by atoms with Crippen LogP contribution in [0.2, 0.25) is 0 Å². The zero-order valence-corrected chi connectivity index (χ0v) is 16.6. The molecule has 152 valence electrons. The molecule has 0 atom stereocenters. The first kappa shape index (κ1) is 20.4. The Hall–Kier alpha value is -2.35. The second-order valence-corrected chi connectivity index (χ2v) is 7.05. The lowest BCUT2D eigenvalue weighted by Gasteiger charge is -2.34. The largest absolute Gasteiger partial charge is 0.508 e. The molecule has 0 aromatic heterocycles. The van der Waals surface area contributed by atoms with Gasteiger partial charge in [-0.1, -0.05) is 12.1 Å². The topological polar surface area (TPSA) is 74.3 Å². The van der Waals surface area contributed by atoms with Crippen molar-refractivity contribution in [3.63, 3.8) is 0 Å². The summed E-state index contributed by atoms with van der Waals surface area (Å²) in [5.41, 5.74) is 0.919. The molecule has 0 unspecified atom stereocenters. The number of phenolic OH excluding ortho intramolecular Hbond substituents is 1. The number of ether oxygens (including phenoxy) is 2. The fourth-order valence-corrected chi connectivity index (χ4v) is 3.52. The zero-order valence-electron chi connectivity index (χ0n) is 16.6. The van der Waals surface area contributed by atoms with Gasteiger partial charge >= 0.3 is 0 Å². The molecule has 0 bridgehead atoms. The molecule has 1 saturated heterocycles. The van der Waals surface area contributed by atoms with Gasteiger partial charge in [0.05, 0.1) is 20.3 Å². The summed E-state index contributed by atoms with van der Waals surface area (Å²) in [5, 5.41) is 15.4. The monoisotopic (exact) mass is 387 g/mol. The number of carbonyl (C=O) groups excluding carboxylic acids is 1. The van der Waals surface area contributed by atoms with Crippen LogP contribution in [0.4, 0.5) is 0 Å². The Morgan fingerprint density at radius 3 is 2.54 bits per heavy atom. The van der Waals surface area contributed by atoms with Gasteiger partial charge in [0.2, 0.25) is 5.91 Å². The van der Waals surface area contributed by atoms with Crippen molar-refractivity contribution < 1.29 is 19.4 Å². The van der Waals surface area contributed by atoms with Crippen molar-refractivity contribution in [2.24, 2.45) is 0 Å². The van der Waals surface area contributed by atoms with E-state index in [1.54, 1.807) is 20.3 Å². The van der Waals surface area contributed by atoms with Crippen molar-refractivity contribution in [1.82, 2.24) is 15.1 Å². The first-order valence-corrected chi connectivity index (χ1v) is 9.59. The number of rotatable bonds is 8. The molecule has 3 rings (SSSR count). The second kappa shape index (κ2) is 9.73. The maximum Gasteiger partial charge on any atom is 0.234 e. The van der Waals surface area contributed by atoms with Crippen LogP contribution in [-0.4, -0.2) is 80.9 Å². The predicted octanol–water partition coefficient (Wildman–Crippen LogP) is 1.43. The van der Waals surface area contributed by atoms with Crippen LogP contribution in [0.25, 0.3) is 10.8 Å². The quantitative estimate of drug-likeness (QED) is 0.668. The lowest BCUT2D eigenvalue weighted by molar-refractivity contribution is -0.122. The van der Waals surface area contributed by atoms with E-state index in [4.69, 9.17) is 9.47 Å². The molecule has 0 aliphatic carbocycles. The number of hydrogen-bond acceptors (Lipinski definition) is 6. The first-order valence-electron chi connectivity index (χ1n) is 9.59. The Morgan fingerprint density at radius 2 is 1.82 bits per heavy atom. The molecule has 1 aliphatic rings. The molecule has 1 fully saturated rings. The zero-order chi connectivity index (χ0) is 19.9. The maximum atomic E-state index is 11.9. The van der Waals surface area contributed by atoms with Crippen LogP contribution in [0.3, 0.4) is 0 Å². The molecule has 0 spiro atoms. The highest BCUT2D eigenvalue weighted by molar-refractivity contribution is 5.89. The highest BCUT2D eigenvalue weighted by atomic mass is 16.5. The summed E-state index contributed by atoms with van der Waals surface area (Å²) in [5.74, 6) is 1.12. The lowest BCUT2D eigenvalue weighted by Crippen LogP contribution is -2.49. The van der Waals surface area contributed by atoms with Crippen LogP contribution in [0.1, 0.15) is 5.56 Å². The summed E-state index contributed by atoms with van der Waals surface area (Å²) >= 11 is 0. The summed E-state index contributed by atoms with van der Waals surface area (Å²) in [6.45, 7) is 5.51. The van der Waals surface area contributed by atoms with E-state index in [2.05, 4.69) is 15.1 Å². The number of methoxy groups -OCH3 is 2. The number of carbonyl (C=O) groups is 1. The summed E-state index contributed by atoms with van der Waals surface area (Å²) in [6.07, 6.45) is 0. The SMILES string of the molecule is COCCNC(=O)CN1CCN(Cc2c(O)ccc3ccc(OC)cc23)CC1. The normalized spacial score (nSPS) is 15.6. The van der Waals surface area contributed by atoms with Gasteiger partial charge in [-0.05, 0) is 29.0 Å². The van der Waals surface area contributed by atoms with E-state index < -0.39 is 0 Å². The van der Waals surface area contributed by atoms with Crippen LogP contribution in [0.5, 0.6) is 11.5 Å². The average molecular weight is 387 g/mol. The molecule has 7 heteroatoms. The fraction of sp³-hybridized carbons (Fsp3) is 0.476. The van der Waals surface area contributed by atoms with Gasteiger partial charge in [0.15, 0.2) is 0 Å². The minimum atomic E-state index is 0.0318. The lowest BCUT2D eigenvalue weighted by atomic mass is 10.0. The van der Waals surface area contributed by atoms with Gasteiger partial charge < -0.3 is 19.9 Å². The van der Waals surface area contributed by atoms with Crippen molar-refractivity contribution in [3.8, 4) is 11.5 Å². The third-order valence-electron chi connectivity index (χ3n) is 5.16. The number of amides is 1. The number of phenols is 1. The molecule has 0 saturated carbocycles. The maximum absolute atomic E-state index is 11.9. The molecule has 2 aromatic carbocycles. The van der Waals surface area contributed by atoms with Gasteiger partial charge in [0.1, 0.15) is 11.5 Å². The molecule has 1 amide bonds. The van der Waals surface area contributed by atoms with Gasteiger partial charge in [0, 0.05) is 51.9 Å². The highest BCUT2D eigenvalue weighted by Gasteiger charge is 2.20. The van der Waals surface area contributed by atoms with Crippen molar-refractivity contribution >= 4 is 16.7 Å². The summed E-state index contributed by atoms with van der Waals surface area (Å²) < 4.78 is 10.3. The number of benzene rings is 2. The Kier molecular flexibility index (Phi) is 7.08. The molecule has 2 aromatic rings. The van der Waals surface area contributed by atoms with Gasteiger partial charge in [-0.25, -0.2) is 0 Å². The Balaban J connectivity index is 1.59. The fourth-order valence-electron chi connectivity index (χ4n) is 3.52. The van der Waals surface area contributed by atoms with E-state index in [1.165, 1.54) is 0 Å². The number of nitrogens with zero attached hydrogens (tertiary/aromatic N) is 2. The molecule has 28 heavy (non-hydrogen) atoms. The Labute approximate surface area is 165 Å². The summed E-state index contributed by atoms with van der Waals surface area (Å²) in [4.78, 5) is 16.4. The van der Waals surface area contributed by atoms with E-state index in [0.717, 1.165) is 48.3 Å². The Bertz CT molecular complexity index is 804. The third kappa shape index (κ3) is 5.13. The standard InChI is InChI=1S/C21H29N3O4/c1-27-12-7-22-21(26)15-24-10-8-23(9-11-24)14-19-18-13-17(28-2)5-3-16(18)4-6-20(19)25/h3-6,13,25H,7-12,14-15H2,1-2H3,(H,22,26). The van der Waals surface area contributed by atoms with Crippen molar-refractivity contribution in [1.29, 1.82) is 0 Å². The molecule has 0 radical (unpaired) electrons. The minimum absolute atomic E-state index is 0.0318. The molecule has 1 aliphatic heterocycles. The average Bonchev–Trinajstić information content (AvgIpc) is 2.71. The van der Waals surface area contributed by atoms with E-state index in [0.29, 0.717) is 32.0 Å². The van der Waals surface area contributed by atoms with Crippen LogP contribution < -0.4 is 10.1 Å². The van der Waals surface area contributed by atoms with Crippen molar-refractivity contribution in [2.75, 3.05) is 60.1 Å². The highest BCUT2D eigenvalue weighted by Crippen LogP contribution is 2.31. The molecular formula is C21H29N3O4. The van der Waals surface area contributed by atoms with Crippen LogP contribution in [-0.2, 0) is 16.1 Å². The van der Waals surface area contributed by atoms with E-state index >= 15 is 0 Å². The number of fused-ring (bicyclic) bond motifs is 1. The summed E-state index contributed by atoms with van der Waals surface area (Å²) in [6, 6.07) is 9.60. The molecule has 7 nitrogen and oxygen atoms in total. The van der Waals surface area contributed by atoms with Crippen molar-refractivity contribution in [2.45, 2.75) is 6.54 Å². The van der Waals surface area contributed by atoms with E-state index in [1.807, 2.05) is 24.3 Å².